The fourth-order valence-electron chi connectivity index (χ4n) is 2.28. The zero-order chi connectivity index (χ0) is 13.9. The summed E-state index contributed by atoms with van der Waals surface area (Å²) in [6.45, 7) is 0.748. The molecule has 20 heavy (non-hydrogen) atoms. The van der Waals surface area contributed by atoms with Gasteiger partial charge in [0.25, 0.3) is 0 Å². The van der Waals surface area contributed by atoms with Gasteiger partial charge in [0.2, 0.25) is 5.91 Å². The molecule has 0 aliphatic heterocycles. The van der Waals surface area contributed by atoms with E-state index in [0.717, 1.165) is 29.8 Å². The molecule has 0 atom stereocenters. The molecule has 104 valence electrons. The summed E-state index contributed by atoms with van der Waals surface area (Å²) in [6, 6.07) is 10.4. The van der Waals surface area contributed by atoms with Crippen LogP contribution in [0.1, 0.15) is 24.0 Å². The summed E-state index contributed by atoms with van der Waals surface area (Å²) in [4.78, 5) is 15.5. The third kappa shape index (κ3) is 3.44. The number of carbonyl (C=O) groups is 1. The zero-order valence-electron chi connectivity index (χ0n) is 11.2. The summed E-state index contributed by atoms with van der Waals surface area (Å²) in [5, 5.41) is 4.19. The van der Waals surface area contributed by atoms with Crippen molar-refractivity contribution in [2.45, 2.75) is 36.7 Å². The fraction of sp³-hybridized carbons (Fsp3) is 0.312. The predicted molar refractivity (Wildman–Crippen MR) is 85.3 cm³/mol. The van der Waals surface area contributed by atoms with Crippen LogP contribution in [-0.2, 0) is 17.8 Å². The van der Waals surface area contributed by atoms with Crippen LogP contribution in [0.15, 0.2) is 46.0 Å². The lowest BCUT2D eigenvalue weighted by molar-refractivity contribution is -0.131. The SMILES string of the molecule is O=C(Cc1ccc(S)cc1)N(Cc1ccsc1)C1CC1. The summed E-state index contributed by atoms with van der Waals surface area (Å²) in [5.41, 5.74) is 2.30. The highest BCUT2D eigenvalue weighted by atomic mass is 32.1. The quantitative estimate of drug-likeness (QED) is 0.834. The van der Waals surface area contributed by atoms with Crippen molar-refractivity contribution in [3.63, 3.8) is 0 Å². The molecule has 2 aromatic rings. The van der Waals surface area contributed by atoms with Gasteiger partial charge in [0.1, 0.15) is 0 Å². The first-order valence-electron chi connectivity index (χ1n) is 6.81. The first kappa shape index (κ1) is 13.7. The summed E-state index contributed by atoms with van der Waals surface area (Å²) in [6.07, 6.45) is 2.77. The minimum atomic E-state index is 0.227. The molecule has 1 heterocycles. The van der Waals surface area contributed by atoms with Gasteiger partial charge in [-0.2, -0.15) is 11.3 Å². The Morgan fingerprint density at radius 3 is 2.55 bits per heavy atom. The number of hydrogen-bond acceptors (Lipinski definition) is 3. The number of thiol groups is 1. The van der Waals surface area contributed by atoms with Gasteiger partial charge in [-0.15, -0.1) is 12.6 Å². The van der Waals surface area contributed by atoms with Gasteiger partial charge in [0.15, 0.2) is 0 Å². The van der Waals surface area contributed by atoms with E-state index in [-0.39, 0.29) is 5.91 Å². The molecule has 1 aromatic carbocycles. The molecule has 2 nitrogen and oxygen atoms in total. The van der Waals surface area contributed by atoms with Crippen LogP contribution in [0.25, 0.3) is 0 Å². The highest BCUT2D eigenvalue weighted by Gasteiger charge is 2.32. The van der Waals surface area contributed by atoms with Gasteiger partial charge in [-0.1, -0.05) is 12.1 Å². The molecule has 1 amide bonds. The number of rotatable bonds is 5. The molecule has 1 aromatic heterocycles. The molecule has 1 aliphatic rings. The number of benzene rings is 1. The van der Waals surface area contributed by atoms with Crippen LogP contribution in [-0.4, -0.2) is 16.8 Å². The largest absolute Gasteiger partial charge is 0.335 e. The maximum Gasteiger partial charge on any atom is 0.227 e. The number of thiophene rings is 1. The van der Waals surface area contributed by atoms with Crippen molar-refractivity contribution < 1.29 is 4.79 Å². The minimum Gasteiger partial charge on any atom is -0.335 e. The highest BCUT2D eigenvalue weighted by Crippen LogP contribution is 2.29. The smallest absolute Gasteiger partial charge is 0.227 e. The van der Waals surface area contributed by atoms with Gasteiger partial charge in [0.05, 0.1) is 6.42 Å². The van der Waals surface area contributed by atoms with Crippen molar-refractivity contribution in [3.8, 4) is 0 Å². The molecule has 0 unspecified atom stereocenters. The van der Waals surface area contributed by atoms with Gasteiger partial charge in [0, 0.05) is 17.5 Å². The maximum absolute atomic E-state index is 12.5. The molecule has 4 heteroatoms. The Balaban J connectivity index is 1.67. The lowest BCUT2D eigenvalue weighted by atomic mass is 10.1. The monoisotopic (exact) mass is 303 g/mol. The van der Waals surface area contributed by atoms with Gasteiger partial charge in [-0.3, -0.25) is 4.79 Å². The van der Waals surface area contributed by atoms with E-state index >= 15 is 0 Å². The van der Waals surface area contributed by atoms with E-state index in [1.54, 1.807) is 11.3 Å². The predicted octanol–water partition coefficient (Wildman–Crippen LogP) is 3.77. The molecule has 1 aliphatic carbocycles. The van der Waals surface area contributed by atoms with E-state index in [0.29, 0.717) is 12.5 Å². The molecule has 1 saturated carbocycles. The lowest BCUT2D eigenvalue weighted by Gasteiger charge is -2.22. The fourth-order valence-corrected chi connectivity index (χ4v) is 3.09. The molecule has 0 bridgehead atoms. The Kier molecular flexibility index (Phi) is 4.13. The normalized spacial score (nSPS) is 14.2. The van der Waals surface area contributed by atoms with Gasteiger partial charge >= 0.3 is 0 Å². The van der Waals surface area contributed by atoms with Crippen molar-refractivity contribution in [1.82, 2.24) is 4.90 Å². The molecule has 0 N–H and O–H groups in total. The molecule has 0 radical (unpaired) electrons. The van der Waals surface area contributed by atoms with Crippen LogP contribution in [0.5, 0.6) is 0 Å². The van der Waals surface area contributed by atoms with E-state index < -0.39 is 0 Å². The lowest BCUT2D eigenvalue weighted by Crippen LogP contribution is -2.33. The minimum absolute atomic E-state index is 0.227. The maximum atomic E-state index is 12.5. The van der Waals surface area contributed by atoms with E-state index in [4.69, 9.17) is 0 Å². The van der Waals surface area contributed by atoms with Gasteiger partial charge < -0.3 is 4.90 Å². The molecule has 3 rings (SSSR count). The Morgan fingerprint density at radius 2 is 1.95 bits per heavy atom. The summed E-state index contributed by atoms with van der Waals surface area (Å²) in [7, 11) is 0. The summed E-state index contributed by atoms with van der Waals surface area (Å²) >= 11 is 5.95. The number of hydrogen-bond donors (Lipinski definition) is 1. The summed E-state index contributed by atoms with van der Waals surface area (Å²) < 4.78 is 0. The second-order valence-corrected chi connectivity index (χ2v) is 6.52. The Labute approximate surface area is 128 Å². The van der Waals surface area contributed by atoms with Crippen molar-refractivity contribution in [2.75, 3.05) is 0 Å². The topological polar surface area (TPSA) is 20.3 Å². The van der Waals surface area contributed by atoms with E-state index in [2.05, 4.69) is 29.5 Å². The van der Waals surface area contributed by atoms with Crippen molar-refractivity contribution in [2.24, 2.45) is 0 Å². The van der Waals surface area contributed by atoms with Crippen LogP contribution in [0, 0.1) is 0 Å². The van der Waals surface area contributed by atoms with Gasteiger partial charge in [-0.05, 0) is 52.9 Å². The average Bonchev–Trinajstić information content (AvgIpc) is 3.15. The van der Waals surface area contributed by atoms with Crippen LogP contribution >= 0.6 is 24.0 Å². The number of amides is 1. The highest BCUT2D eigenvalue weighted by molar-refractivity contribution is 7.80. The Bertz CT molecular complexity index is 573. The first-order chi connectivity index (χ1) is 9.72. The summed E-state index contributed by atoms with van der Waals surface area (Å²) in [5.74, 6) is 0.227. The molecule has 0 spiro atoms. The average molecular weight is 303 g/mol. The zero-order valence-corrected chi connectivity index (χ0v) is 12.9. The second-order valence-electron chi connectivity index (χ2n) is 5.23. The Morgan fingerprint density at radius 1 is 1.20 bits per heavy atom. The van der Waals surface area contributed by atoms with Gasteiger partial charge in [-0.25, -0.2) is 0 Å². The van der Waals surface area contributed by atoms with Crippen molar-refractivity contribution in [3.05, 3.63) is 52.2 Å². The number of carbonyl (C=O) groups excluding carboxylic acids is 1. The van der Waals surface area contributed by atoms with Crippen molar-refractivity contribution in [1.29, 1.82) is 0 Å². The second kappa shape index (κ2) is 6.02. The molecule has 1 fully saturated rings. The van der Waals surface area contributed by atoms with Crippen LogP contribution in [0.4, 0.5) is 0 Å². The Hall–Kier alpha value is -1.26. The van der Waals surface area contributed by atoms with Crippen LogP contribution < -0.4 is 0 Å². The van der Waals surface area contributed by atoms with Crippen LogP contribution in [0.2, 0.25) is 0 Å². The number of nitrogens with zero attached hydrogens (tertiary/aromatic N) is 1. The standard InChI is InChI=1S/C16H17NOS2/c18-16(9-12-1-5-15(19)6-2-12)17(14-3-4-14)10-13-7-8-20-11-13/h1-2,5-8,11,14,19H,3-4,9-10H2. The van der Waals surface area contributed by atoms with E-state index in [1.807, 2.05) is 29.2 Å². The van der Waals surface area contributed by atoms with E-state index in [1.165, 1.54) is 5.56 Å². The third-order valence-corrected chi connectivity index (χ3v) is 4.56. The third-order valence-electron chi connectivity index (χ3n) is 3.53. The molecule has 0 saturated heterocycles. The van der Waals surface area contributed by atoms with Crippen LogP contribution in [0.3, 0.4) is 0 Å². The van der Waals surface area contributed by atoms with E-state index in [9.17, 15) is 4.79 Å². The molecular weight excluding hydrogens is 286 g/mol. The van der Waals surface area contributed by atoms with Crippen molar-refractivity contribution >= 4 is 29.9 Å². The first-order valence-corrected chi connectivity index (χ1v) is 8.20. The molecular formula is C16H17NOS2.